The molecule has 0 bridgehead atoms. The lowest BCUT2D eigenvalue weighted by Gasteiger charge is -2.36. The molecule has 184 valence electrons. The summed E-state index contributed by atoms with van der Waals surface area (Å²) in [5, 5.41) is 9.59. The number of halogens is 1. The molecule has 2 saturated heterocycles. The predicted octanol–water partition coefficient (Wildman–Crippen LogP) is 1.62. The first-order valence-corrected chi connectivity index (χ1v) is 11.7. The number of Topliss-reactive ketones (excluding diaryl/α,β-unsaturated/α-hetero) is 1. The average molecular weight is 500 g/mol. The Hall–Kier alpha value is -3.11. The molecule has 2 fully saturated rings. The number of rotatable bonds is 8. The Labute approximate surface area is 207 Å². The van der Waals surface area contributed by atoms with Crippen LogP contribution in [0.15, 0.2) is 48.5 Å². The standard InChI is InChI=1S/C25H26ClN3O6/c26-19-5-1-17(2-6-19)22(31)16-35-25(34)18-3-7-20(8-4-18)29-23(32)15-21(24(29)33)28-11-9-27(10-12-28)13-14-30/h1-8,21,30H,9-16H2. The molecule has 0 aliphatic carbocycles. The van der Waals surface area contributed by atoms with Gasteiger partial charge in [-0.1, -0.05) is 11.6 Å². The fourth-order valence-corrected chi connectivity index (χ4v) is 4.42. The number of hydrogen-bond donors (Lipinski definition) is 1. The molecule has 2 aromatic rings. The lowest BCUT2D eigenvalue weighted by Crippen LogP contribution is -2.52. The lowest BCUT2D eigenvalue weighted by molar-refractivity contribution is -0.123. The summed E-state index contributed by atoms with van der Waals surface area (Å²) in [5.74, 6) is -1.61. The quantitative estimate of drug-likeness (QED) is 0.332. The zero-order valence-corrected chi connectivity index (χ0v) is 19.8. The number of piperazine rings is 1. The molecule has 1 unspecified atom stereocenters. The van der Waals surface area contributed by atoms with E-state index >= 15 is 0 Å². The second-order valence-electron chi connectivity index (χ2n) is 8.44. The third-order valence-electron chi connectivity index (χ3n) is 6.25. The second-order valence-corrected chi connectivity index (χ2v) is 8.88. The number of benzene rings is 2. The Morgan fingerprint density at radius 3 is 2.20 bits per heavy atom. The van der Waals surface area contributed by atoms with E-state index in [2.05, 4.69) is 4.90 Å². The number of aliphatic hydroxyl groups excluding tert-OH is 1. The number of β-amino-alcohol motifs (C(OH)–C–C–N with tert-alkyl or cyclic N) is 1. The van der Waals surface area contributed by atoms with E-state index in [9.17, 15) is 19.2 Å². The largest absolute Gasteiger partial charge is 0.454 e. The van der Waals surface area contributed by atoms with Crippen LogP contribution in [0.25, 0.3) is 0 Å². The average Bonchev–Trinajstić information content (AvgIpc) is 3.17. The van der Waals surface area contributed by atoms with Crippen LogP contribution in [0.1, 0.15) is 27.1 Å². The van der Waals surface area contributed by atoms with Crippen molar-refractivity contribution in [1.29, 1.82) is 0 Å². The maximum absolute atomic E-state index is 13.0. The Kier molecular flexibility index (Phi) is 7.92. The maximum atomic E-state index is 13.0. The van der Waals surface area contributed by atoms with Gasteiger partial charge in [0.05, 0.1) is 30.3 Å². The number of esters is 1. The molecule has 0 saturated carbocycles. The first-order chi connectivity index (χ1) is 16.9. The number of amides is 2. The van der Waals surface area contributed by atoms with Gasteiger partial charge in [-0.25, -0.2) is 9.69 Å². The van der Waals surface area contributed by atoms with Crippen molar-refractivity contribution in [2.24, 2.45) is 0 Å². The van der Waals surface area contributed by atoms with Crippen molar-refractivity contribution in [3.05, 3.63) is 64.7 Å². The molecule has 0 aromatic heterocycles. The number of ketones is 1. The van der Waals surface area contributed by atoms with Crippen molar-refractivity contribution in [2.45, 2.75) is 12.5 Å². The fourth-order valence-electron chi connectivity index (χ4n) is 4.29. The van der Waals surface area contributed by atoms with Crippen LogP contribution in [-0.2, 0) is 14.3 Å². The summed E-state index contributed by atoms with van der Waals surface area (Å²) in [5.41, 5.74) is 0.969. The maximum Gasteiger partial charge on any atom is 0.338 e. The van der Waals surface area contributed by atoms with Crippen LogP contribution < -0.4 is 4.90 Å². The van der Waals surface area contributed by atoms with Crippen LogP contribution in [0, 0.1) is 0 Å². The number of carbonyl (C=O) groups excluding carboxylic acids is 4. The molecular weight excluding hydrogens is 474 g/mol. The van der Waals surface area contributed by atoms with E-state index in [1.165, 1.54) is 24.3 Å². The summed E-state index contributed by atoms with van der Waals surface area (Å²) in [7, 11) is 0. The number of aliphatic hydroxyl groups is 1. The predicted molar refractivity (Wildman–Crippen MR) is 129 cm³/mol. The molecule has 0 spiro atoms. The summed E-state index contributed by atoms with van der Waals surface area (Å²) < 4.78 is 5.11. The molecule has 1 N–H and O–H groups in total. The Morgan fingerprint density at radius 1 is 0.943 bits per heavy atom. The molecule has 1 atom stereocenters. The molecule has 10 heteroatoms. The highest BCUT2D eigenvalue weighted by Crippen LogP contribution is 2.27. The van der Waals surface area contributed by atoms with E-state index in [0.717, 1.165) is 18.0 Å². The Morgan fingerprint density at radius 2 is 1.57 bits per heavy atom. The van der Waals surface area contributed by atoms with Crippen LogP contribution in [0.4, 0.5) is 5.69 Å². The minimum absolute atomic E-state index is 0.0941. The normalized spacial score (nSPS) is 19.3. The monoisotopic (exact) mass is 499 g/mol. The van der Waals surface area contributed by atoms with Gasteiger partial charge >= 0.3 is 5.97 Å². The fraction of sp³-hybridized carbons (Fsp3) is 0.360. The lowest BCUT2D eigenvalue weighted by atomic mass is 10.1. The van der Waals surface area contributed by atoms with Gasteiger partial charge in [0.15, 0.2) is 12.4 Å². The number of imide groups is 1. The number of nitrogens with zero attached hydrogens (tertiary/aromatic N) is 3. The smallest absolute Gasteiger partial charge is 0.338 e. The highest BCUT2D eigenvalue weighted by Gasteiger charge is 2.43. The van der Waals surface area contributed by atoms with Gasteiger partial charge in [-0.05, 0) is 48.5 Å². The first kappa shape index (κ1) is 25.0. The van der Waals surface area contributed by atoms with E-state index in [-0.39, 0.29) is 36.2 Å². The van der Waals surface area contributed by atoms with Gasteiger partial charge in [-0.2, -0.15) is 0 Å². The molecule has 2 aliphatic rings. The molecule has 2 heterocycles. The van der Waals surface area contributed by atoms with Crippen molar-refractivity contribution in [3.63, 3.8) is 0 Å². The van der Waals surface area contributed by atoms with Gasteiger partial charge in [0.1, 0.15) is 0 Å². The third kappa shape index (κ3) is 5.76. The SMILES string of the molecule is O=C(COC(=O)c1ccc(N2C(=O)CC(N3CCN(CCO)CC3)C2=O)cc1)c1ccc(Cl)cc1. The van der Waals surface area contributed by atoms with Crippen molar-refractivity contribution >= 4 is 40.9 Å². The van der Waals surface area contributed by atoms with Gasteiger partial charge in [0, 0.05) is 43.3 Å². The van der Waals surface area contributed by atoms with E-state index in [4.69, 9.17) is 21.4 Å². The number of ether oxygens (including phenoxy) is 1. The molecule has 2 aromatic carbocycles. The van der Waals surface area contributed by atoms with Crippen LogP contribution >= 0.6 is 11.6 Å². The summed E-state index contributed by atoms with van der Waals surface area (Å²) in [6.07, 6.45) is 0.107. The number of carbonyl (C=O) groups is 4. The zero-order chi connectivity index (χ0) is 24.9. The molecule has 2 aliphatic heterocycles. The summed E-state index contributed by atoms with van der Waals surface area (Å²) in [6, 6.07) is 11.7. The minimum atomic E-state index is -0.684. The van der Waals surface area contributed by atoms with Gasteiger partial charge in [0.2, 0.25) is 5.91 Å². The van der Waals surface area contributed by atoms with E-state index in [1.807, 2.05) is 4.90 Å². The highest BCUT2D eigenvalue weighted by atomic mass is 35.5. The van der Waals surface area contributed by atoms with Crippen molar-refractivity contribution in [3.8, 4) is 0 Å². The van der Waals surface area contributed by atoms with E-state index in [0.29, 0.717) is 35.9 Å². The summed E-state index contributed by atoms with van der Waals surface area (Å²) in [4.78, 5) is 55.5. The van der Waals surface area contributed by atoms with Crippen LogP contribution in [0.5, 0.6) is 0 Å². The molecule has 2 amide bonds. The number of hydrogen-bond acceptors (Lipinski definition) is 8. The number of anilines is 1. The molecular formula is C25H26ClN3O6. The summed E-state index contributed by atoms with van der Waals surface area (Å²) >= 11 is 5.81. The van der Waals surface area contributed by atoms with Gasteiger partial charge in [0.25, 0.3) is 5.91 Å². The topological polar surface area (TPSA) is 107 Å². The van der Waals surface area contributed by atoms with Gasteiger partial charge in [-0.3, -0.25) is 24.2 Å². The van der Waals surface area contributed by atoms with Gasteiger partial charge < -0.3 is 9.84 Å². The second kappa shape index (κ2) is 11.1. The van der Waals surface area contributed by atoms with E-state index in [1.54, 1.807) is 24.3 Å². The zero-order valence-electron chi connectivity index (χ0n) is 19.1. The van der Waals surface area contributed by atoms with Crippen molar-refractivity contribution in [2.75, 3.05) is 50.8 Å². The molecule has 4 rings (SSSR count). The molecule has 35 heavy (non-hydrogen) atoms. The van der Waals surface area contributed by atoms with Crippen molar-refractivity contribution < 1.29 is 29.0 Å². The third-order valence-corrected chi connectivity index (χ3v) is 6.50. The Bertz CT molecular complexity index is 1100. The van der Waals surface area contributed by atoms with Crippen LogP contribution in [-0.4, -0.2) is 90.5 Å². The summed E-state index contributed by atoms with van der Waals surface area (Å²) in [6.45, 7) is 3.04. The van der Waals surface area contributed by atoms with Crippen LogP contribution in [0.3, 0.4) is 0 Å². The molecule has 9 nitrogen and oxygen atoms in total. The van der Waals surface area contributed by atoms with Crippen molar-refractivity contribution in [1.82, 2.24) is 9.80 Å². The molecule has 0 radical (unpaired) electrons. The highest BCUT2D eigenvalue weighted by molar-refractivity contribution is 6.30. The Balaban J connectivity index is 1.34. The van der Waals surface area contributed by atoms with Gasteiger partial charge in [-0.15, -0.1) is 0 Å². The minimum Gasteiger partial charge on any atom is -0.454 e. The first-order valence-electron chi connectivity index (χ1n) is 11.4. The van der Waals surface area contributed by atoms with Crippen LogP contribution in [0.2, 0.25) is 5.02 Å². The van der Waals surface area contributed by atoms with E-state index < -0.39 is 18.6 Å².